The summed E-state index contributed by atoms with van der Waals surface area (Å²) >= 11 is 0. The van der Waals surface area contributed by atoms with Gasteiger partial charge in [-0.1, -0.05) is 30.3 Å². The molecule has 1 aliphatic carbocycles. The molecule has 6 heteroatoms. The van der Waals surface area contributed by atoms with E-state index in [4.69, 9.17) is 9.47 Å². The van der Waals surface area contributed by atoms with Gasteiger partial charge in [-0.25, -0.2) is 9.59 Å². The van der Waals surface area contributed by atoms with Crippen molar-refractivity contribution >= 4 is 17.8 Å². The van der Waals surface area contributed by atoms with Gasteiger partial charge in [0.1, 0.15) is 18.4 Å². The Labute approximate surface area is 140 Å². The maximum atomic E-state index is 12.5. The van der Waals surface area contributed by atoms with E-state index >= 15 is 0 Å². The monoisotopic (exact) mass is 331 g/mol. The van der Waals surface area contributed by atoms with Crippen LogP contribution in [0.4, 0.5) is 4.79 Å². The van der Waals surface area contributed by atoms with Crippen LogP contribution in [0.25, 0.3) is 0 Å². The number of amides is 1. The van der Waals surface area contributed by atoms with E-state index in [-0.39, 0.29) is 37.4 Å². The summed E-state index contributed by atoms with van der Waals surface area (Å²) in [5, 5.41) is 0. The van der Waals surface area contributed by atoms with E-state index in [1.54, 1.807) is 6.92 Å². The molecule has 0 N–H and O–H groups in total. The Morgan fingerprint density at radius 2 is 1.96 bits per heavy atom. The van der Waals surface area contributed by atoms with Crippen molar-refractivity contribution in [1.29, 1.82) is 0 Å². The number of nitrogens with zero attached hydrogens (tertiary/aromatic N) is 1. The zero-order valence-corrected chi connectivity index (χ0v) is 13.6. The fraction of sp³-hybridized carbons (Fsp3) is 0.500. The highest BCUT2D eigenvalue weighted by atomic mass is 16.6. The summed E-state index contributed by atoms with van der Waals surface area (Å²) in [7, 11) is 0. The van der Waals surface area contributed by atoms with Crippen molar-refractivity contribution in [3.05, 3.63) is 35.9 Å². The number of rotatable bonds is 4. The standard InChI is InChI=1S/C18H21NO5/c1-2-23-17(21)16-13-8-9-15(20)14(13)10-19(16)18(22)24-11-12-6-4-3-5-7-12/h3-7,13-14,16H,2,8-11H2,1H3/t13-,14-,16-/m0/s1. The van der Waals surface area contributed by atoms with Gasteiger partial charge in [0.2, 0.25) is 0 Å². The third kappa shape index (κ3) is 3.13. The van der Waals surface area contributed by atoms with E-state index in [0.29, 0.717) is 12.8 Å². The topological polar surface area (TPSA) is 72.9 Å². The second-order valence-corrected chi connectivity index (χ2v) is 6.16. The Hall–Kier alpha value is -2.37. The molecule has 0 radical (unpaired) electrons. The quantitative estimate of drug-likeness (QED) is 0.791. The molecule has 0 bridgehead atoms. The van der Waals surface area contributed by atoms with Crippen molar-refractivity contribution in [3.63, 3.8) is 0 Å². The highest BCUT2D eigenvalue weighted by molar-refractivity contribution is 5.90. The highest BCUT2D eigenvalue weighted by Crippen LogP contribution is 2.41. The molecule has 0 unspecified atom stereocenters. The number of hydrogen-bond donors (Lipinski definition) is 0. The molecule has 0 aromatic heterocycles. The zero-order chi connectivity index (χ0) is 17.1. The van der Waals surface area contributed by atoms with Gasteiger partial charge in [-0.15, -0.1) is 0 Å². The number of Topliss-reactive ketones (excluding diaryl/α,β-unsaturated/α-hetero) is 1. The summed E-state index contributed by atoms with van der Waals surface area (Å²) in [6, 6.07) is 8.61. The van der Waals surface area contributed by atoms with Crippen LogP contribution >= 0.6 is 0 Å². The molecule has 1 amide bonds. The number of carbonyl (C=O) groups excluding carboxylic acids is 3. The fourth-order valence-electron chi connectivity index (χ4n) is 3.63. The molecule has 1 aromatic rings. The first kappa shape index (κ1) is 16.5. The normalized spacial score (nSPS) is 25.5. The Morgan fingerprint density at radius 1 is 1.21 bits per heavy atom. The lowest BCUT2D eigenvalue weighted by atomic mass is 9.94. The lowest BCUT2D eigenvalue weighted by Crippen LogP contribution is -2.44. The lowest BCUT2D eigenvalue weighted by Gasteiger charge is -2.25. The summed E-state index contributed by atoms with van der Waals surface area (Å²) < 4.78 is 10.5. The lowest BCUT2D eigenvalue weighted by molar-refractivity contribution is -0.149. The molecule has 1 saturated carbocycles. The van der Waals surface area contributed by atoms with Crippen LogP contribution in [0.5, 0.6) is 0 Å². The fourth-order valence-corrected chi connectivity index (χ4v) is 3.63. The number of ketones is 1. The molecule has 0 spiro atoms. The first-order chi connectivity index (χ1) is 11.6. The van der Waals surface area contributed by atoms with E-state index < -0.39 is 18.1 Å². The maximum Gasteiger partial charge on any atom is 0.410 e. The molecule has 1 saturated heterocycles. The van der Waals surface area contributed by atoms with Gasteiger partial charge in [-0.3, -0.25) is 9.69 Å². The molecular formula is C18H21NO5. The Bertz CT molecular complexity index is 630. The van der Waals surface area contributed by atoms with E-state index in [1.807, 2.05) is 30.3 Å². The number of likely N-dealkylation sites (tertiary alicyclic amines) is 1. The van der Waals surface area contributed by atoms with E-state index in [1.165, 1.54) is 4.90 Å². The van der Waals surface area contributed by atoms with Crippen LogP contribution in [-0.2, 0) is 25.7 Å². The second-order valence-electron chi connectivity index (χ2n) is 6.16. The number of carbonyl (C=O) groups is 3. The number of benzene rings is 1. The maximum absolute atomic E-state index is 12.5. The third-order valence-corrected chi connectivity index (χ3v) is 4.76. The first-order valence-electron chi connectivity index (χ1n) is 8.28. The average molecular weight is 331 g/mol. The molecular weight excluding hydrogens is 310 g/mol. The number of fused-ring (bicyclic) bond motifs is 1. The molecule has 1 aliphatic heterocycles. The highest BCUT2D eigenvalue weighted by Gasteiger charge is 2.54. The molecule has 3 rings (SSSR count). The van der Waals surface area contributed by atoms with Gasteiger partial charge in [-0.2, -0.15) is 0 Å². The van der Waals surface area contributed by atoms with E-state index in [0.717, 1.165) is 5.56 Å². The van der Waals surface area contributed by atoms with Crippen molar-refractivity contribution in [2.75, 3.05) is 13.2 Å². The number of esters is 1. The predicted octanol–water partition coefficient (Wildman–Crippen LogP) is 2.17. The van der Waals surface area contributed by atoms with Crippen molar-refractivity contribution in [2.45, 2.75) is 32.4 Å². The average Bonchev–Trinajstić information content (AvgIpc) is 3.14. The minimum Gasteiger partial charge on any atom is -0.464 e. The summed E-state index contributed by atoms with van der Waals surface area (Å²) in [6.07, 6.45) is 0.521. The van der Waals surface area contributed by atoms with Crippen LogP contribution in [-0.4, -0.2) is 41.9 Å². The SMILES string of the molecule is CCOC(=O)[C@@H]1[C@H]2CCC(=O)[C@H]2CN1C(=O)OCc1ccccc1. The molecule has 6 nitrogen and oxygen atoms in total. The molecule has 2 aliphatic rings. The summed E-state index contributed by atoms with van der Waals surface area (Å²) in [5.41, 5.74) is 0.869. The Kier molecular flexibility index (Phi) is 4.83. The summed E-state index contributed by atoms with van der Waals surface area (Å²) in [5.74, 6) is -0.756. The molecule has 24 heavy (non-hydrogen) atoms. The Balaban J connectivity index is 1.71. The van der Waals surface area contributed by atoms with Gasteiger partial charge < -0.3 is 9.47 Å². The minimum absolute atomic E-state index is 0.118. The molecule has 3 atom stereocenters. The van der Waals surface area contributed by atoms with Gasteiger partial charge in [0.05, 0.1) is 6.61 Å². The molecule has 1 aromatic carbocycles. The summed E-state index contributed by atoms with van der Waals surface area (Å²) in [4.78, 5) is 38.1. The third-order valence-electron chi connectivity index (χ3n) is 4.76. The van der Waals surface area contributed by atoms with Crippen molar-refractivity contribution in [1.82, 2.24) is 4.90 Å². The van der Waals surface area contributed by atoms with Crippen LogP contribution in [0.3, 0.4) is 0 Å². The second kappa shape index (κ2) is 7.03. The molecule has 2 fully saturated rings. The van der Waals surface area contributed by atoms with Crippen molar-refractivity contribution in [2.24, 2.45) is 11.8 Å². The first-order valence-corrected chi connectivity index (χ1v) is 8.28. The Morgan fingerprint density at radius 3 is 2.67 bits per heavy atom. The zero-order valence-electron chi connectivity index (χ0n) is 13.6. The van der Waals surface area contributed by atoms with Crippen molar-refractivity contribution < 1.29 is 23.9 Å². The van der Waals surface area contributed by atoms with Gasteiger partial charge in [0.15, 0.2) is 0 Å². The van der Waals surface area contributed by atoms with Crippen LogP contribution in [0.1, 0.15) is 25.3 Å². The van der Waals surface area contributed by atoms with Crippen LogP contribution < -0.4 is 0 Å². The van der Waals surface area contributed by atoms with Gasteiger partial charge in [-0.05, 0) is 18.9 Å². The largest absolute Gasteiger partial charge is 0.464 e. The smallest absolute Gasteiger partial charge is 0.410 e. The molecule has 128 valence electrons. The van der Waals surface area contributed by atoms with Gasteiger partial charge in [0.25, 0.3) is 0 Å². The van der Waals surface area contributed by atoms with Gasteiger partial charge in [0, 0.05) is 24.8 Å². The minimum atomic E-state index is -0.718. The van der Waals surface area contributed by atoms with Crippen LogP contribution in [0.15, 0.2) is 30.3 Å². The van der Waals surface area contributed by atoms with E-state index in [2.05, 4.69) is 0 Å². The van der Waals surface area contributed by atoms with Crippen LogP contribution in [0.2, 0.25) is 0 Å². The predicted molar refractivity (Wildman–Crippen MR) is 85.0 cm³/mol. The van der Waals surface area contributed by atoms with Gasteiger partial charge >= 0.3 is 12.1 Å². The summed E-state index contributed by atoms with van der Waals surface area (Å²) in [6.45, 7) is 2.34. The van der Waals surface area contributed by atoms with E-state index in [9.17, 15) is 14.4 Å². The number of ether oxygens (including phenoxy) is 2. The van der Waals surface area contributed by atoms with Crippen LogP contribution in [0, 0.1) is 11.8 Å². The number of hydrogen-bond acceptors (Lipinski definition) is 5. The van der Waals surface area contributed by atoms with Crippen molar-refractivity contribution in [3.8, 4) is 0 Å². The molecule has 1 heterocycles.